The van der Waals surface area contributed by atoms with E-state index < -0.39 is 18.2 Å². The number of nitrogens with one attached hydrogen (secondary N) is 1. The van der Waals surface area contributed by atoms with Crippen LogP contribution in [-0.4, -0.2) is 67.4 Å². The summed E-state index contributed by atoms with van der Waals surface area (Å²) in [4.78, 5) is 26.5. The Hall–Kier alpha value is -1.96. The second-order valence-electron chi connectivity index (χ2n) is 5.61. The minimum absolute atomic E-state index is 0.136. The zero-order chi connectivity index (χ0) is 17.5. The van der Waals surface area contributed by atoms with Gasteiger partial charge < -0.3 is 24.8 Å². The molecule has 2 rings (SSSR count). The van der Waals surface area contributed by atoms with Gasteiger partial charge in [0.25, 0.3) is 5.91 Å². The van der Waals surface area contributed by atoms with Crippen molar-refractivity contribution in [2.45, 2.75) is 25.1 Å². The Morgan fingerprint density at radius 1 is 1.46 bits per heavy atom. The van der Waals surface area contributed by atoms with Gasteiger partial charge in [0, 0.05) is 13.7 Å². The van der Waals surface area contributed by atoms with Gasteiger partial charge in [0.2, 0.25) is 5.91 Å². The molecule has 1 saturated heterocycles. The fourth-order valence-corrected chi connectivity index (χ4v) is 2.88. The molecule has 0 spiro atoms. The van der Waals surface area contributed by atoms with E-state index in [0.29, 0.717) is 6.54 Å². The molecule has 0 saturated carbocycles. The van der Waals surface area contributed by atoms with Gasteiger partial charge in [-0.05, 0) is 12.5 Å². The van der Waals surface area contributed by atoms with Gasteiger partial charge >= 0.3 is 0 Å². The van der Waals surface area contributed by atoms with Gasteiger partial charge in [0.15, 0.2) is 6.10 Å². The predicted octanol–water partition coefficient (Wildman–Crippen LogP) is 0.0985. The monoisotopic (exact) mass is 336 g/mol. The van der Waals surface area contributed by atoms with Gasteiger partial charge in [-0.3, -0.25) is 9.59 Å². The number of hydrogen-bond donors (Lipinski definition) is 2. The van der Waals surface area contributed by atoms with Crippen LogP contribution in [0.15, 0.2) is 30.3 Å². The number of aliphatic hydroxyl groups excluding tert-OH is 1. The molecule has 0 radical (unpaired) electrons. The Kier molecular flexibility index (Phi) is 6.72. The third-order valence-corrected chi connectivity index (χ3v) is 4.00. The molecule has 132 valence electrons. The fourth-order valence-electron chi connectivity index (χ4n) is 2.88. The molecular formula is C17H24N2O5. The van der Waals surface area contributed by atoms with Crippen LogP contribution >= 0.6 is 0 Å². The normalized spacial score (nSPS) is 22.3. The smallest absolute Gasteiger partial charge is 0.252 e. The van der Waals surface area contributed by atoms with E-state index in [1.807, 2.05) is 37.3 Å². The predicted molar refractivity (Wildman–Crippen MR) is 87.2 cm³/mol. The van der Waals surface area contributed by atoms with Crippen molar-refractivity contribution in [3.63, 3.8) is 0 Å². The van der Waals surface area contributed by atoms with Crippen molar-refractivity contribution < 1.29 is 24.2 Å². The summed E-state index contributed by atoms with van der Waals surface area (Å²) >= 11 is 0. The van der Waals surface area contributed by atoms with Gasteiger partial charge in [0.05, 0.1) is 25.3 Å². The van der Waals surface area contributed by atoms with Crippen LogP contribution in [0.1, 0.15) is 18.5 Å². The maximum Gasteiger partial charge on any atom is 0.252 e. The van der Waals surface area contributed by atoms with Crippen LogP contribution in [0, 0.1) is 0 Å². The maximum atomic E-state index is 12.7. The minimum Gasteiger partial charge on any atom is -0.394 e. The Labute approximate surface area is 141 Å². The van der Waals surface area contributed by atoms with Gasteiger partial charge in [0.1, 0.15) is 6.61 Å². The molecule has 1 aliphatic heterocycles. The second kappa shape index (κ2) is 8.77. The van der Waals surface area contributed by atoms with Crippen molar-refractivity contribution in [3.8, 4) is 0 Å². The van der Waals surface area contributed by atoms with E-state index in [0.717, 1.165) is 5.56 Å². The van der Waals surface area contributed by atoms with Crippen LogP contribution in [0.4, 0.5) is 0 Å². The van der Waals surface area contributed by atoms with E-state index in [1.54, 1.807) is 4.90 Å². The molecular weight excluding hydrogens is 312 g/mol. The average molecular weight is 336 g/mol. The molecule has 1 fully saturated rings. The van der Waals surface area contributed by atoms with E-state index >= 15 is 0 Å². The second-order valence-corrected chi connectivity index (χ2v) is 5.61. The lowest BCUT2D eigenvalue weighted by molar-refractivity contribution is -0.164. The standard InChI is InChI=1S/C17H24N2O5/c1-3-19-14(21)11-24-16(15(19)12-7-5-4-6-8-12)17(22)18-13(9-20)10-23-2/h4-8,13,15-16,20H,3,9-11H2,1-2H3,(H,18,22)/t13-,15+,16-/m0/s1. The van der Waals surface area contributed by atoms with Crippen molar-refractivity contribution >= 4 is 11.8 Å². The SMILES string of the molecule is CCN1C(=O)CO[C@H](C(=O)N[C@@H](CO)COC)[C@H]1c1ccccc1. The Morgan fingerprint density at radius 2 is 2.17 bits per heavy atom. The van der Waals surface area contributed by atoms with E-state index in [2.05, 4.69) is 5.32 Å². The zero-order valence-corrected chi connectivity index (χ0v) is 14.0. The fraction of sp³-hybridized carbons (Fsp3) is 0.529. The molecule has 7 heteroatoms. The molecule has 1 heterocycles. The maximum absolute atomic E-state index is 12.7. The molecule has 24 heavy (non-hydrogen) atoms. The number of ether oxygens (including phenoxy) is 2. The van der Waals surface area contributed by atoms with Crippen LogP contribution < -0.4 is 5.32 Å². The number of rotatable bonds is 7. The number of hydrogen-bond acceptors (Lipinski definition) is 5. The minimum atomic E-state index is -0.837. The summed E-state index contributed by atoms with van der Waals surface area (Å²) in [5.41, 5.74) is 0.833. The Balaban J connectivity index is 2.25. The summed E-state index contributed by atoms with van der Waals surface area (Å²) < 4.78 is 10.5. The first-order valence-electron chi connectivity index (χ1n) is 7.98. The third-order valence-electron chi connectivity index (χ3n) is 4.00. The lowest BCUT2D eigenvalue weighted by Gasteiger charge is -2.40. The quantitative estimate of drug-likeness (QED) is 0.737. The van der Waals surface area contributed by atoms with Crippen molar-refractivity contribution in [2.24, 2.45) is 0 Å². The lowest BCUT2D eigenvalue weighted by Crippen LogP contribution is -2.56. The summed E-state index contributed by atoms with van der Waals surface area (Å²) in [6.07, 6.45) is -0.837. The molecule has 0 unspecified atom stereocenters. The molecule has 0 aliphatic carbocycles. The highest BCUT2D eigenvalue weighted by molar-refractivity contribution is 5.86. The number of benzene rings is 1. The molecule has 2 N–H and O–H groups in total. The van der Waals surface area contributed by atoms with Crippen molar-refractivity contribution in [1.29, 1.82) is 0 Å². The first-order chi connectivity index (χ1) is 11.6. The van der Waals surface area contributed by atoms with Crippen LogP contribution in [0.2, 0.25) is 0 Å². The molecule has 1 aromatic rings. The molecule has 0 aromatic heterocycles. The van der Waals surface area contributed by atoms with Crippen molar-refractivity contribution in [2.75, 3.05) is 33.5 Å². The van der Waals surface area contributed by atoms with E-state index in [1.165, 1.54) is 7.11 Å². The van der Waals surface area contributed by atoms with E-state index in [9.17, 15) is 14.7 Å². The van der Waals surface area contributed by atoms with Crippen LogP contribution in [0.25, 0.3) is 0 Å². The number of nitrogens with zero attached hydrogens (tertiary/aromatic N) is 1. The van der Waals surface area contributed by atoms with Gasteiger partial charge in [-0.2, -0.15) is 0 Å². The molecule has 2 amide bonds. The summed E-state index contributed by atoms with van der Waals surface area (Å²) in [5.74, 6) is -0.517. The number of morpholine rings is 1. The van der Waals surface area contributed by atoms with Crippen LogP contribution in [0.3, 0.4) is 0 Å². The van der Waals surface area contributed by atoms with Crippen molar-refractivity contribution in [3.05, 3.63) is 35.9 Å². The Bertz CT molecular complexity index is 551. The largest absolute Gasteiger partial charge is 0.394 e. The lowest BCUT2D eigenvalue weighted by atomic mass is 9.97. The first-order valence-corrected chi connectivity index (χ1v) is 7.98. The van der Waals surface area contributed by atoms with Gasteiger partial charge in [-0.25, -0.2) is 0 Å². The van der Waals surface area contributed by atoms with Crippen LogP contribution in [0.5, 0.6) is 0 Å². The number of amides is 2. The summed E-state index contributed by atoms with van der Waals surface area (Å²) in [6, 6.07) is 8.31. The Morgan fingerprint density at radius 3 is 2.75 bits per heavy atom. The molecule has 1 aromatic carbocycles. The molecule has 7 nitrogen and oxygen atoms in total. The average Bonchev–Trinajstić information content (AvgIpc) is 2.61. The highest BCUT2D eigenvalue weighted by Crippen LogP contribution is 2.30. The highest BCUT2D eigenvalue weighted by atomic mass is 16.5. The van der Waals surface area contributed by atoms with Gasteiger partial charge in [-0.1, -0.05) is 30.3 Å². The molecule has 3 atom stereocenters. The number of methoxy groups -OCH3 is 1. The van der Waals surface area contributed by atoms with Crippen molar-refractivity contribution in [1.82, 2.24) is 10.2 Å². The number of aliphatic hydroxyl groups is 1. The number of likely N-dealkylation sites (N-methyl/N-ethyl adjacent to an activating group) is 1. The molecule has 0 bridgehead atoms. The van der Waals surface area contributed by atoms with E-state index in [4.69, 9.17) is 9.47 Å². The first kappa shape index (κ1) is 18.4. The van der Waals surface area contributed by atoms with E-state index in [-0.39, 0.29) is 31.6 Å². The number of carbonyl (C=O) groups excluding carboxylic acids is 2. The summed E-state index contributed by atoms with van der Waals surface area (Å²) in [7, 11) is 1.50. The topological polar surface area (TPSA) is 88.1 Å². The van der Waals surface area contributed by atoms with Gasteiger partial charge in [-0.15, -0.1) is 0 Å². The molecule has 1 aliphatic rings. The number of carbonyl (C=O) groups is 2. The van der Waals surface area contributed by atoms with Crippen LogP contribution in [-0.2, 0) is 19.1 Å². The third kappa shape index (κ3) is 4.11. The zero-order valence-electron chi connectivity index (χ0n) is 14.0. The summed E-state index contributed by atoms with van der Waals surface area (Å²) in [6.45, 7) is 2.17. The highest BCUT2D eigenvalue weighted by Gasteiger charge is 2.41. The summed E-state index contributed by atoms with van der Waals surface area (Å²) in [5, 5.41) is 12.0.